The first kappa shape index (κ1) is 4.46. The predicted octanol–water partition coefficient (Wildman–Crippen LogP) is -0.290. The van der Waals surface area contributed by atoms with E-state index in [-0.39, 0.29) is 6.04 Å². The summed E-state index contributed by atoms with van der Waals surface area (Å²) in [6.07, 6.45) is 1.81. The van der Waals surface area contributed by atoms with Crippen molar-refractivity contribution in [3.05, 3.63) is 12.0 Å². The van der Waals surface area contributed by atoms with Gasteiger partial charge < -0.3 is 10.6 Å². The third-order valence-corrected chi connectivity index (χ3v) is 0.777. The first-order valence-corrected chi connectivity index (χ1v) is 2.18. The molecule has 1 aliphatic rings. The molecule has 0 aromatic heterocycles. The molecule has 0 saturated carbocycles. The standard InChI is InChI=1S/C4H8N2O/c1-3-2-4(5)7-6-3/h2-3,6H,5H2,1H3. The molecule has 0 bridgehead atoms. The molecule has 0 aromatic carbocycles. The summed E-state index contributed by atoms with van der Waals surface area (Å²) in [7, 11) is 0. The Bertz CT molecular complexity index is 99.9. The van der Waals surface area contributed by atoms with Crippen LogP contribution in [-0.4, -0.2) is 6.04 Å². The quantitative estimate of drug-likeness (QED) is 0.439. The molecule has 1 unspecified atom stereocenters. The molecule has 0 amide bonds. The van der Waals surface area contributed by atoms with Crippen LogP contribution in [0.4, 0.5) is 0 Å². The van der Waals surface area contributed by atoms with Crippen molar-refractivity contribution in [1.82, 2.24) is 5.48 Å². The smallest absolute Gasteiger partial charge is 0.207 e. The van der Waals surface area contributed by atoms with E-state index in [9.17, 15) is 0 Å². The Morgan fingerprint density at radius 2 is 2.71 bits per heavy atom. The van der Waals surface area contributed by atoms with Crippen LogP contribution in [0.2, 0.25) is 0 Å². The molecule has 0 spiro atoms. The van der Waals surface area contributed by atoms with Crippen LogP contribution in [-0.2, 0) is 4.84 Å². The van der Waals surface area contributed by atoms with Crippen molar-refractivity contribution < 1.29 is 4.84 Å². The number of hydrogen-bond acceptors (Lipinski definition) is 3. The van der Waals surface area contributed by atoms with E-state index in [0.29, 0.717) is 5.88 Å². The molecule has 1 aliphatic heterocycles. The maximum absolute atomic E-state index is 5.20. The van der Waals surface area contributed by atoms with Crippen LogP contribution in [0.15, 0.2) is 12.0 Å². The molecule has 3 N–H and O–H groups in total. The second-order valence-electron chi connectivity index (χ2n) is 1.58. The maximum Gasteiger partial charge on any atom is 0.207 e. The van der Waals surface area contributed by atoms with Crippen LogP contribution in [0.25, 0.3) is 0 Å². The van der Waals surface area contributed by atoms with Gasteiger partial charge in [-0.2, -0.15) is 0 Å². The average molecular weight is 100 g/mol. The zero-order valence-corrected chi connectivity index (χ0v) is 4.14. The molecule has 1 atom stereocenters. The molecule has 1 rings (SSSR count). The van der Waals surface area contributed by atoms with Crippen LogP contribution in [0.3, 0.4) is 0 Å². The highest BCUT2D eigenvalue weighted by atomic mass is 16.7. The second kappa shape index (κ2) is 1.42. The molecular formula is C4H8N2O. The summed E-state index contributed by atoms with van der Waals surface area (Å²) in [5.74, 6) is 0.465. The molecule has 3 heteroatoms. The van der Waals surface area contributed by atoms with Gasteiger partial charge in [0, 0.05) is 0 Å². The van der Waals surface area contributed by atoms with E-state index in [0.717, 1.165) is 0 Å². The third-order valence-electron chi connectivity index (χ3n) is 0.777. The maximum atomic E-state index is 5.20. The predicted molar refractivity (Wildman–Crippen MR) is 26.0 cm³/mol. The Labute approximate surface area is 42.1 Å². The van der Waals surface area contributed by atoms with Gasteiger partial charge in [-0.15, -0.1) is 5.48 Å². The highest BCUT2D eigenvalue weighted by molar-refractivity contribution is 4.97. The largest absolute Gasteiger partial charge is 0.391 e. The van der Waals surface area contributed by atoms with E-state index < -0.39 is 0 Å². The second-order valence-corrected chi connectivity index (χ2v) is 1.58. The summed E-state index contributed by atoms with van der Waals surface area (Å²) in [4.78, 5) is 4.65. The highest BCUT2D eigenvalue weighted by Gasteiger charge is 2.06. The lowest BCUT2D eigenvalue weighted by Gasteiger charge is -1.95. The summed E-state index contributed by atoms with van der Waals surface area (Å²) in [6.45, 7) is 1.96. The number of hydroxylamine groups is 1. The molecule has 0 fully saturated rings. The lowest BCUT2D eigenvalue weighted by Crippen LogP contribution is -2.16. The molecule has 7 heavy (non-hydrogen) atoms. The molecule has 0 aliphatic carbocycles. The normalized spacial score (nSPS) is 29.3. The van der Waals surface area contributed by atoms with Crippen molar-refractivity contribution in [2.24, 2.45) is 5.73 Å². The monoisotopic (exact) mass is 100 g/mol. The number of rotatable bonds is 0. The highest BCUT2D eigenvalue weighted by Crippen LogP contribution is 1.97. The van der Waals surface area contributed by atoms with Gasteiger partial charge >= 0.3 is 0 Å². The molecule has 0 saturated heterocycles. The van der Waals surface area contributed by atoms with E-state index >= 15 is 0 Å². The summed E-state index contributed by atoms with van der Waals surface area (Å²) < 4.78 is 0. The molecule has 1 heterocycles. The molecular weight excluding hydrogens is 92.1 g/mol. The fourth-order valence-corrected chi connectivity index (χ4v) is 0.475. The summed E-state index contributed by atoms with van der Waals surface area (Å²) in [5, 5.41) is 0. The lowest BCUT2D eigenvalue weighted by atomic mass is 10.4. The Kier molecular flexibility index (Phi) is 0.906. The Morgan fingerprint density at radius 1 is 2.00 bits per heavy atom. The van der Waals surface area contributed by atoms with Crippen LogP contribution in [0.1, 0.15) is 6.92 Å². The molecule has 3 nitrogen and oxygen atoms in total. The summed E-state index contributed by atoms with van der Waals surface area (Å²) >= 11 is 0. The third kappa shape index (κ3) is 0.838. The number of nitrogens with two attached hydrogens (primary N) is 1. The van der Waals surface area contributed by atoms with Crippen LogP contribution < -0.4 is 11.2 Å². The van der Waals surface area contributed by atoms with Crippen molar-refractivity contribution in [3.8, 4) is 0 Å². The van der Waals surface area contributed by atoms with Gasteiger partial charge in [-0.05, 0) is 13.0 Å². The van der Waals surface area contributed by atoms with E-state index in [2.05, 4.69) is 10.3 Å². The van der Waals surface area contributed by atoms with Gasteiger partial charge in [0.1, 0.15) is 0 Å². The van der Waals surface area contributed by atoms with E-state index in [1.807, 2.05) is 6.92 Å². The van der Waals surface area contributed by atoms with Gasteiger partial charge in [-0.1, -0.05) is 0 Å². The van der Waals surface area contributed by atoms with Crippen LogP contribution >= 0.6 is 0 Å². The summed E-state index contributed by atoms with van der Waals surface area (Å²) in [5.41, 5.74) is 7.85. The van der Waals surface area contributed by atoms with Gasteiger partial charge in [-0.3, -0.25) is 0 Å². The van der Waals surface area contributed by atoms with Crippen molar-refractivity contribution in [1.29, 1.82) is 0 Å². The Hall–Kier alpha value is -0.700. The van der Waals surface area contributed by atoms with Crippen molar-refractivity contribution in [3.63, 3.8) is 0 Å². The SMILES string of the molecule is CC1C=C(N)ON1. The summed E-state index contributed by atoms with van der Waals surface area (Å²) in [6, 6.07) is 0.264. The van der Waals surface area contributed by atoms with Crippen molar-refractivity contribution in [2.75, 3.05) is 0 Å². The minimum atomic E-state index is 0.264. The van der Waals surface area contributed by atoms with Gasteiger partial charge in [0.2, 0.25) is 5.88 Å². The van der Waals surface area contributed by atoms with E-state index in [1.54, 1.807) is 6.08 Å². The fourth-order valence-electron chi connectivity index (χ4n) is 0.475. The minimum Gasteiger partial charge on any atom is -0.391 e. The Morgan fingerprint density at radius 3 is 2.86 bits per heavy atom. The van der Waals surface area contributed by atoms with Gasteiger partial charge in [-0.25, -0.2) is 0 Å². The van der Waals surface area contributed by atoms with Crippen LogP contribution in [0.5, 0.6) is 0 Å². The Balaban J connectivity index is 2.50. The number of hydrogen-bond donors (Lipinski definition) is 2. The zero-order chi connectivity index (χ0) is 5.28. The fraction of sp³-hybridized carbons (Fsp3) is 0.500. The molecule has 40 valence electrons. The first-order valence-electron chi connectivity index (χ1n) is 2.18. The van der Waals surface area contributed by atoms with E-state index in [1.165, 1.54) is 0 Å². The topological polar surface area (TPSA) is 47.3 Å². The lowest BCUT2D eigenvalue weighted by molar-refractivity contribution is 0.118. The number of nitrogens with one attached hydrogen (secondary N) is 1. The van der Waals surface area contributed by atoms with Crippen molar-refractivity contribution in [2.45, 2.75) is 13.0 Å². The van der Waals surface area contributed by atoms with Crippen LogP contribution in [0, 0.1) is 0 Å². The minimum absolute atomic E-state index is 0.264. The van der Waals surface area contributed by atoms with Gasteiger partial charge in [0.15, 0.2) is 0 Å². The molecule has 0 aromatic rings. The zero-order valence-electron chi connectivity index (χ0n) is 4.14. The van der Waals surface area contributed by atoms with Gasteiger partial charge in [0.05, 0.1) is 6.04 Å². The van der Waals surface area contributed by atoms with Gasteiger partial charge in [0.25, 0.3) is 0 Å². The average Bonchev–Trinajstić information content (AvgIpc) is 1.87. The first-order chi connectivity index (χ1) is 3.29. The van der Waals surface area contributed by atoms with E-state index in [4.69, 9.17) is 5.73 Å². The van der Waals surface area contributed by atoms with Crippen molar-refractivity contribution >= 4 is 0 Å². The molecule has 0 radical (unpaired) electrons.